The number of nitrogens with zero attached hydrogens (tertiary/aromatic N) is 3. The molecule has 0 aliphatic rings. The summed E-state index contributed by atoms with van der Waals surface area (Å²) >= 11 is 4.62. The number of methoxy groups -OCH3 is 1. The number of aromatic nitrogens is 3. The molecule has 0 radical (unpaired) electrons. The number of carbonyl (C=O) groups is 1. The number of ether oxygens (including phenoxy) is 1. The van der Waals surface area contributed by atoms with E-state index in [1.165, 1.54) is 16.4 Å². The van der Waals surface area contributed by atoms with Gasteiger partial charge in [-0.05, 0) is 42.8 Å². The summed E-state index contributed by atoms with van der Waals surface area (Å²) in [4.78, 5) is 12.2. The fraction of sp³-hybridized carbons (Fsp3) is 0.167. The second-order valence-electron chi connectivity index (χ2n) is 5.67. The molecule has 7 nitrogen and oxygen atoms in total. The van der Waals surface area contributed by atoms with Crippen molar-refractivity contribution in [3.63, 3.8) is 0 Å². The van der Waals surface area contributed by atoms with Crippen LogP contribution in [0.2, 0.25) is 0 Å². The zero-order valence-corrected chi connectivity index (χ0v) is 17.2. The standard InChI is InChI=1S/C18H18BrN5O2S/c1-11-9-12(19)7-8-14(11)21-16(25)10-27-18-23-22-17(24(18)20)13-5-3-4-6-15(13)26-2/h3-9H,10,20H2,1-2H3,(H,21,25). The van der Waals surface area contributed by atoms with Gasteiger partial charge in [0.2, 0.25) is 11.1 Å². The van der Waals surface area contributed by atoms with Gasteiger partial charge in [-0.3, -0.25) is 4.79 Å². The molecule has 3 aromatic rings. The van der Waals surface area contributed by atoms with Crippen molar-refractivity contribution in [1.82, 2.24) is 14.9 Å². The Hall–Kier alpha value is -2.52. The van der Waals surface area contributed by atoms with E-state index in [4.69, 9.17) is 10.6 Å². The number of para-hydroxylation sites is 1. The summed E-state index contributed by atoms with van der Waals surface area (Å²) < 4.78 is 7.66. The Balaban J connectivity index is 1.68. The van der Waals surface area contributed by atoms with Gasteiger partial charge in [-0.15, -0.1) is 10.2 Å². The summed E-state index contributed by atoms with van der Waals surface area (Å²) in [5.74, 6) is 7.26. The molecule has 0 atom stereocenters. The first-order valence-corrected chi connectivity index (χ1v) is 9.80. The first kappa shape index (κ1) is 19.2. The van der Waals surface area contributed by atoms with E-state index in [2.05, 4.69) is 31.4 Å². The average Bonchev–Trinajstić information content (AvgIpc) is 3.02. The molecule has 0 aliphatic heterocycles. The molecule has 140 valence electrons. The topological polar surface area (TPSA) is 95.1 Å². The van der Waals surface area contributed by atoms with E-state index < -0.39 is 0 Å². The van der Waals surface area contributed by atoms with E-state index in [1.54, 1.807) is 7.11 Å². The van der Waals surface area contributed by atoms with Gasteiger partial charge in [-0.2, -0.15) is 0 Å². The average molecular weight is 448 g/mol. The van der Waals surface area contributed by atoms with Gasteiger partial charge in [0, 0.05) is 10.2 Å². The number of anilines is 1. The largest absolute Gasteiger partial charge is 0.496 e. The van der Waals surface area contributed by atoms with Crippen LogP contribution in [0.1, 0.15) is 5.56 Å². The predicted octanol–water partition coefficient (Wildman–Crippen LogP) is 3.47. The van der Waals surface area contributed by atoms with Gasteiger partial charge in [-0.25, -0.2) is 4.68 Å². The quantitative estimate of drug-likeness (QED) is 0.443. The molecule has 0 aliphatic carbocycles. The highest BCUT2D eigenvalue weighted by Crippen LogP contribution is 2.29. The van der Waals surface area contributed by atoms with Crippen LogP contribution in [0.15, 0.2) is 52.1 Å². The van der Waals surface area contributed by atoms with Crippen molar-refractivity contribution < 1.29 is 9.53 Å². The molecular formula is C18H18BrN5O2S. The van der Waals surface area contributed by atoms with Crippen molar-refractivity contribution in [2.45, 2.75) is 12.1 Å². The molecule has 0 saturated heterocycles. The molecule has 3 N–H and O–H groups in total. The maximum absolute atomic E-state index is 12.2. The van der Waals surface area contributed by atoms with Crippen LogP contribution in [0.4, 0.5) is 5.69 Å². The van der Waals surface area contributed by atoms with Gasteiger partial charge in [0.1, 0.15) is 5.75 Å². The molecule has 0 bridgehead atoms. The zero-order valence-electron chi connectivity index (χ0n) is 14.8. The van der Waals surface area contributed by atoms with E-state index in [1.807, 2.05) is 49.4 Å². The molecule has 1 aromatic heterocycles. The Morgan fingerprint density at radius 2 is 2.07 bits per heavy atom. The highest BCUT2D eigenvalue weighted by atomic mass is 79.9. The molecule has 1 heterocycles. The Morgan fingerprint density at radius 3 is 2.81 bits per heavy atom. The van der Waals surface area contributed by atoms with E-state index in [-0.39, 0.29) is 11.7 Å². The highest BCUT2D eigenvalue weighted by Gasteiger charge is 2.16. The van der Waals surface area contributed by atoms with Crippen LogP contribution >= 0.6 is 27.7 Å². The van der Waals surface area contributed by atoms with Gasteiger partial charge >= 0.3 is 0 Å². The molecule has 0 unspecified atom stereocenters. The normalized spacial score (nSPS) is 10.6. The van der Waals surface area contributed by atoms with Crippen molar-refractivity contribution in [2.75, 3.05) is 24.0 Å². The van der Waals surface area contributed by atoms with E-state index >= 15 is 0 Å². The first-order chi connectivity index (χ1) is 13.0. The lowest BCUT2D eigenvalue weighted by Gasteiger charge is -2.09. The lowest BCUT2D eigenvalue weighted by Crippen LogP contribution is -2.17. The zero-order chi connectivity index (χ0) is 19.4. The number of rotatable bonds is 6. The molecule has 0 saturated carbocycles. The van der Waals surface area contributed by atoms with Crippen LogP contribution in [0, 0.1) is 6.92 Å². The Bertz CT molecular complexity index is 976. The van der Waals surface area contributed by atoms with Crippen molar-refractivity contribution in [2.24, 2.45) is 0 Å². The number of halogens is 1. The number of amides is 1. The fourth-order valence-electron chi connectivity index (χ4n) is 2.47. The number of hydrogen-bond acceptors (Lipinski definition) is 6. The Morgan fingerprint density at radius 1 is 1.30 bits per heavy atom. The van der Waals surface area contributed by atoms with E-state index in [0.29, 0.717) is 16.7 Å². The van der Waals surface area contributed by atoms with Gasteiger partial charge in [0.15, 0.2) is 5.82 Å². The van der Waals surface area contributed by atoms with Crippen molar-refractivity contribution in [1.29, 1.82) is 0 Å². The molecular weight excluding hydrogens is 430 g/mol. The smallest absolute Gasteiger partial charge is 0.234 e. The molecule has 2 aromatic carbocycles. The summed E-state index contributed by atoms with van der Waals surface area (Å²) in [6, 6.07) is 13.1. The fourth-order valence-corrected chi connectivity index (χ4v) is 3.60. The van der Waals surface area contributed by atoms with Crippen LogP contribution < -0.4 is 15.9 Å². The Kier molecular flexibility index (Phi) is 6.02. The monoisotopic (exact) mass is 447 g/mol. The van der Waals surface area contributed by atoms with Crippen LogP contribution in [-0.2, 0) is 4.79 Å². The minimum absolute atomic E-state index is 0.146. The number of aryl methyl sites for hydroxylation is 1. The molecule has 0 spiro atoms. The number of hydrogen-bond donors (Lipinski definition) is 2. The highest BCUT2D eigenvalue weighted by molar-refractivity contribution is 9.10. The minimum Gasteiger partial charge on any atom is -0.496 e. The van der Waals surface area contributed by atoms with Crippen LogP contribution in [0.5, 0.6) is 5.75 Å². The minimum atomic E-state index is -0.146. The van der Waals surface area contributed by atoms with E-state index in [0.717, 1.165) is 21.3 Å². The number of benzene rings is 2. The van der Waals surface area contributed by atoms with E-state index in [9.17, 15) is 4.79 Å². The molecule has 1 amide bonds. The third kappa shape index (κ3) is 4.42. The molecule has 0 fully saturated rings. The summed E-state index contributed by atoms with van der Waals surface area (Å²) in [7, 11) is 1.58. The second-order valence-corrected chi connectivity index (χ2v) is 7.53. The number of nitrogen functional groups attached to an aromatic ring is 1. The second kappa shape index (κ2) is 8.45. The molecule has 27 heavy (non-hydrogen) atoms. The maximum atomic E-state index is 12.2. The van der Waals surface area contributed by atoms with Crippen LogP contribution in [0.25, 0.3) is 11.4 Å². The van der Waals surface area contributed by atoms with Gasteiger partial charge in [-0.1, -0.05) is 39.8 Å². The van der Waals surface area contributed by atoms with Gasteiger partial charge in [0.25, 0.3) is 0 Å². The SMILES string of the molecule is COc1ccccc1-c1nnc(SCC(=O)Nc2ccc(Br)cc2C)n1N. The summed E-state index contributed by atoms with van der Waals surface area (Å²) in [5, 5.41) is 11.5. The summed E-state index contributed by atoms with van der Waals surface area (Å²) in [6.45, 7) is 1.93. The van der Waals surface area contributed by atoms with Crippen molar-refractivity contribution in [3.05, 3.63) is 52.5 Å². The summed E-state index contributed by atoms with van der Waals surface area (Å²) in [5.41, 5.74) is 2.48. The van der Waals surface area contributed by atoms with Crippen molar-refractivity contribution in [3.8, 4) is 17.1 Å². The number of nitrogens with two attached hydrogens (primary N) is 1. The van der Waals surface area contributed by atoms with Crippen LogP contribution in [0.3, 0.4) is 0 Å². The third-order valence-electron chi connectivity index (χ3n) is 3.81. The number of carbonyl (C=O) groups excluding carboxylic acids is 1. The third-order valence-corrected chi connectivity index (χ3v) is 5.24. The molecule has 9 heteroatoms. The lowest BCUT2D eigenvalue weighted by molar-refractivity contribution is -0.113. The maximum Gasteiger partial charge on any atom is 0.234 e. The van der Waals surface area contributed by atoms with Crippen LogP contribution in [-0.4, -0.2) is 33.6 Å². The first-order valence-electron chi connectivity index (χ1n) is 8.02. The van der Waals surface area contributed by atoms with Crippen molar-refractivity contribution >= 4 is 39.3 Å². The number of thioether (sulfide) groups is 1. The molecule has 3 rings (SSSR count). The predicted molar refractivity (Wildman–Crippen MR) is 110 cm³/mol. The van der Waals surface area contributed by atoms with Gasteiger partial charge < -0.3 is 15.9 Å². The summed E-state index contributed by atoms with van der Waals surface area (Å²) in [6.07, 6.45) is 0. The lowest BCUT2D eigenvalue weighted by atomic mass is 10.2. The Labute approximate surface area is 169 Å². The van der Waals surface area contributed by atoms with Gasteiger partial charge in [0.05, 0.1) is 18.4 Å². The number of nitrogens with one attached hydrogen (secondary N) is 1.